The Morgan fingerprint density at radius 2 is 0.672 bits per heavy atom. The average Bonchev–Trinajstić information content (AvgIpc) is 0.676. The van der Waals surface area contributed by atoms with Crippen LogP contribution in [0.15, 0.2) is 23.3 Å². The minimum atomic E-state index is -2.16. The molecule has 16 aliphatic rings. The zero-order chi connectivity index (χ0) is 96.2. The number of hydrogen-bond donors (Lipinski definition) is 21. The summed E-state index contributed by atoms with van der Waals surface area (Å²) < 4.78 is 71.7. The third-order valence-corrected chi connectivity index (χ3v) is 38.6. The van der Waals surface area contributed by atoms with Crippen LogP contribution >= 0.6 is 0 Å². The Morgan fingerprint density at radius 1 is 0.344 bits per heavy atom. The van der Waals surface area contributed by atoms with Crippen LogP contribution in [0.5, 0.6) is 0 Å². The van der Waals surface area contributed by atoms with Gasteiger partial charge in [-0.25, -0.2) is 14.4 Å². The maximum Gasteiger partial charge on any atom is 0.335 e. The topological polar surface area (TPSA) is 587 Å². The summed E-state index contributed by atoms with van der Waals surface area (Å²) >= 11 is 0. The molecule has 0 aromatic heterocycles. The van der Waals surface area contributed by atoms with Crippen molar-refractivity contribution in [1.82, 2.24) is 0 Å². The van der Waals surface area contributed by atoms with Crippen molar-refractivity contribution in [2.45, 2.75) is 429 Å². The van der Waals surface area contributed by atoms with Gasteiger partial charge in [0, 0.05) is 21.7 Å². The molecular weight excluding hydrogens is 1720 g/mol. The lowest BCUT2D eigenvalue weighted by atomic mass is 9.33. The molecule has 748 valence electrons. The van der Waals surface area contributed by atoms with E-state index in [1.54, 1.807) is 0 Å². The third-order valence-electron chi connectivity index (χ3n) is 38.6. The molecule has 0 unspecified atom stereocenters. The zero-order valence-electron chi connectivity index (χ0n) is 78.5. The first-order chi connectivity index (χ1) is 60.9. The van der Waals surface area contributed by atoms with Gasteiger partial charge in [0.25, 0.3) is 0 Å². The first-order valence-electron chi connectivity index (χ1n) is 47.9. The van der Waals surface area contributed by atoms with Crippen molar-refractivity contribution in [2.75, 3.05) is 19.8 Å². The van der Waals surface area contributed by atoms with E-state index in [1.165, 1.54) is 25.0 Å². The number of aliphatic hydroxyl groups is 18. The van der Waals surface area contributed by atoms with Gasteiger partial charge in [-0.1, -0.05) is 120 Å². The zero-order valence-corrected chi connectivity index (χ0v) is 78.5. The minimum absolute atomic E-state index is 0.00172. The second kappa shape index (κ2) is 36.0. The molecule has 131 heavy (non-hydrogen) atoms. The fourth-order valence-electron chi connectivity index (χ4n) is 29.9. The first-order valence-corrected chi connectivity index (χ1v) is 47.9. The molecule has 10 aliphatic carbocycles. The Morgan fingerprint density at radius 3 is 1.02 bits per heavy atom. The van der Waals surface area contributed by atoms with Crippen LogP contribution in [0.25, 0.3) is 0 Å². The summed E-state index contributed by atoms with van der Waals surface area (Å²) in [5, 5.41) is 228. The van der Waals surface area contributed by atoms with Gasteiger partial charge in [-0.3, -0.25) is 0 Å². The van der Waals surface area contributed by atoms with Crippen LogP contribution in [0.2, 0.25) is 0 Å². The molecule has 49 atom stereocenters. The van der Waals surface area contributed by atoms with Crippen LogP contribution in [0.1, 0.15) is 226 Å². The van der Waals surface area contributed by atoms with E-state index in [1.807, 2.05) is 13.8 Å². The van der Waals surface area contributed by atoms with Gasteiger partial charge in [0.15, 0.2) is 56.1 Å². The number of carbonyl (C=O) groups is 3. The van der Waals surface area contributed by atoms with E-state index < -0.39 is 226 Å². The number of allylic oxidation sites excluding steroid dienone is 4. The summed E-state index contributed by atoms with van der Waals surface area (Å²) in [6.45, 7) is 33.7. The summed E-state index contributed by atoms with van der Waals surface area (Å²) in [6, 6.07) is 0. The monoisotopic (exact) mass is 1870 g/mol. The summed E-state index contributed by atoms with van der Waals surface area (Å²) in [4.78, 5) is 37.2. The number of aliphatic carboxylic acids is 3. The van der Waals surface area contributed by atoms with Crippen molar-refractivity contribution in [1.29, 1.82) is 0 Å². The Kier molecular flexibility index (Phi) is 28.1. The molecule has 0 radical (unpaired) electrons. The lowest BCUT2D eigenvalue weighted by molar-refractivity contribution is -0.393. The highest BCUT2D eigenvalue weighted by Crippen LogP contribution is 2.79. The molecule has 14 fully saturated rings. The summed E-state index contributed by atoms with van der Waals surface area (Å²) in [5.41, 5.74) is -0.146. The van der Waals surface area contributed by atoms with E-state index in [-0.39, 0.29) is 109 Å². The van der Waals surface area contributed by atoms with Crippen LogP contribution in [0.4, 0.5) is 0 Å². The van der Waals surface area contributed by atoms with Gasteiger partial charge in [-0.05, 0) is 208 Å². The second-order valence-electron chi connectivity index (χ2n) is 46.8. The normalized spacial score (nSPS) is 55.7. The van der Waals surface area contributed by atoms with Crippen molar-refractivity contribution in [3.63, 3.8) is 0 Å². The highest BCUT2D eigenvalue weighted by atomic mass is 16.8. The number of rotatable bonds is 17. The average molecular weight is 1870 g/mol. The van der Waals surface area contributed by atoms with Crippen molar-refractivity contribution < 1.29 is 178 Å². The van der Waals surface area contributed by atoms with Crippen LogP contribution in [-0.2, 0) is 71.2 Å². The molecule has 21 N–H and O–H groups in total. The Bertz CT molecular complexity index is 4180. The van der Waals surface area contributed by atoms with Crippen LogP contribution in [0.3, 0.4) is 0 Å². The maximum absolute atomic E-state index is 12.5. The highest BCUT2D eigenvalue weighted by Gasteiger charge is 2.74. The molecular formula is C95H152O36. The van der Waals surface area contributed by atoms with Gasteiger partial charge >= 0.3 is 17.9 Å². The van der Waals surface area contributed by atoms with Gasteiger partial charge < -0.3 is 164 Å². The number of hydrogen-bond acceptors (Lipinski definition) is 33. The van der Waals surface area contributed by atoms with Gasteiger partial charge in [0.05, 0.1) is 56.4 Å². The standard InChI is InChI=1S/C48H76O19.C47H76O17/c1-20-27(51)28(52)33(57)40(62-20)66-37-32(56)30(54)35(39(60)61)65-42(37)67-36-31(55)29(53)34(38(58)59)64-41(36)63-26-12-13-45(5)23(46(26,6)19-49)11-14-48(8)24(45)10-9-21-22-17-43(2,3)18-25(50)44(22,4)15-16-47(21,48)7;1-21-29(51)31(53)34(56)39(60-21)63-36-30(52)24(49)19-59-40(36)64-37-33(55)32(54)35(38(57)58)62-41(37)61-28-12-13-44(5)25(45(28,6)20-48)11-14-47(8)26(44)10-9-22-23-17-42(2,3)18-27(50)43(23,4)15-16-46(22,47)7/h9,20,22-37,40-42,49-57H,10-19H2,1-8H3,(H,58,59)(H,60,61);9,21,23-37,39-41,48-56H,10-20H2,1-8H3,(H,57,58)/t20-,22-,23+,24+,25+,26-,27-,28+,29-,30-,31-,32-,33+,34-,35-,36+,37+,40-,41+,42-,44+,45-,46+,47+,48+;21-,23-,24-,25+,26+,27+,28-,29-,30-,31+,32-,33-,34+,35-,36+,37+,39-,40-,41+,43+,44-,45+,46+,47+/m00/s1. The molecule has 0 aromatic rings. The van der Waals surface area contributed by atoms with Crippen LogP contribution in [0, 0.1) is 100 Å². The lowest BCUT2D eigenvalue weighted by Gasteiger charge is -2.72. The van der Waals surface area contributed by atoms with E-state index in [0.717, 1.165) is 89.9 Å². The minimum Gasteiger partial charge on any atom is -0.479 e. The predicted octanol–water partition coefficient (Wildman–Crippen LogP) is 2.14. The number of ether oxygens (including phenoxy) is 12. The van der Waals surface area contributed by atoms with Gasteiger partial charge in [-0.2, -0.15) is 0 Å². The Labute approximate surface area is 765 Å². The lowest BCUT2D eigenvalue weighted by Crippen LogP contribution is -2.68. The van der Waals surface area contributed by atoms with E-state index >= 15 is 0 Å². The Balaban J connectivity index is 0.000000201. The molecule has 36 nitrogen and oxygen atoms in total. The van der Waals surface area contributed by atoms with Crippen LogP contribution < -0.4 is 0 Å². The molecule has 6 aliphatic heterocycles. The summed E-state index contributed by atoms with van der Waals surface area (Å²) in [6.07, 6.45) is -34.9. The molecule has 0 amide bonds. The molecule has 16 rings (SSSR count). The first kappa shape index (κ1) is 102. The molecule has 0 aromatic carbocycles. The number of carboxylic acid groups (broad SMARTS) is 3. The molecule has 8 saturated carbocycles. The van der Waals surface area contributed by atoms with Gasteiger partial charge in [0.1, 0.15) is 110 Å². The van der Waals surface area contributed by atoms with Gasteiger partial charge in [0.2, 0.25) is 0 Å². The van der Waals surface area contributed by atoms with E-state index in [4.69, 9.17) is 56.8 Å². The number of carboxylic acids is 3. The largest absolute Gasteiger partial charge is 0.479 e. The second-order valence-corrected chi connectivity index (χ2v) is 46.8. The van der Waals surface area contributed by atoms with Crippen molar-refractivity contribution >= 4 is 17.9 Å². The van der Waals surface area contributed by atoms with Crippen molar-refractivity contribution in [3.05, 3.63) is 23.3 Å². The molecule has 36 heteroatoms. The van der Waals surface area contributed by atoms with Crippen molar-refractivity contribution in [2.24, 2.45) is 100 Å². The van der Waals surface area contributed by atoms with Crippen LogP contribution in [-0.4, -0.2) is 348 Å². The predicted molar refractivity (Wildman–Crippen MR) is 456 cm³/mol. The number of fused-ring (bicyclic) bond motifs is 14. The maximum atomic E-state index is 12.5. The Hall–Kier alpha value is -3.31. The quantitative estimate of drug-likeness (QED) is 0.0732. The molecule has 6 heterocycles. The smallest absolute Gasteiger partial charge is 0.335 e. The summed E-state index contributed by atoms with van der Waals surface area (Å²) in [5.74, 6) is -4.08. The third kappa shape index (κ3) is 16.5. The van der Waals surface area contributed by atoms with E-state index in [2.05, 4.69) is 95.2 Å². The molecule has 6 saturated heterocycles. The van der Waals surface area contributed by atoms with E-state index in [9.17, 15) is 122 Å². The SMILES string of the molecule is C[C@@H]1O[C@@H](O[C@H]2[C@H](O[C@H]3[C@H](O[C@H]4CC[C@@]5(C)[C@@H](CC[C@]6(C)[C@@H]5CC=C5[C@@H]7CC(C)(C)C[C@@H](O)[C@]7(C)CC[C@]56C)[C@@]4(C)CO)O[C@H](C(=O)O)[C@@H](O)[C@@H]3O)OC[C@H](O)[C@@H]2O)[C@H](O)[C@H](O)[C@H]1O.C[C@@H]1O[C@@H](O[C@H]2[C@H](O[C@H]3[C@H](O[C@H]4CC[C@@]5(C)[C@@H](CC[C@]6(C)[C@@H]5CC=C5[C@@H]7CC(C)(C)C[C@@H](O)[C@]7(C)CC[C@]56C)[C@@]4(C)CO)O[C@H](C(=O)O)[C@@H](O)[C@@H]3O)O[C@H](C(=O)O)[C@@H](O)[C@@H]2O)[C@H](O)[C@H](O)[C@H]1O. The summed E-state index contributed by atoms with van der Waals surface area (Å²) in [7, 11) is 0. The van der Waals surface area contributed by atoms with Gasteiger partial charge in [-0.15, -0.1) is 0 Å². The van der Waals surface area contributed by atoms with Crippen molar-refractivity contribution in [3.8, 4) is 0 Å². The molecule has 0 bridgehead atoms. The van der Waals surface area contributed by atoms with E-state index in [0.29, 0.717) is 31.6 Å². The fraction of sp³-hybridized carbons (Fsp3) is 0.926. The number of aliphatic hydroxyl groups excluding tert-OH is 18. The fourth-order valence-corrected chi connectivity index (χ4v) is 29.9. The highest BCUT2D eigenvalue weighted by molar-refractivity contribution is 5.74. The molecule has 0 spiro atoms.